The largest absolute Gasteiger partial charge is 0.557 e. The van der Waals surface area contributed by atoms with Gasteiger partial charge in [0.25, 0.3) is 0 Å². The smallest absolute Gasteiger partial charge is 0.0217 e. The number of aromatic nitrogens is 1. The van der Waals surface area contributed by atoms with Crippen molar-refractivity contribution >= 4 is 0 Å². The molecule has 6 heavy (non-hydrogen) atoms. The summed E-state index contributed by atoms with van der Waals surface area (Å²) in [6, 6.07) is 0. The van der Waals surface area contributed by atoms with Crippen LogP contribution in [0.1, 0.15) is 0 Å². The molecule has 0 atom stereocenters. The fourth-order valence-electron chi connectivity index (χ4n) is 0.152. The number of rotatable bonds is 0. The molecule has 2 nitrogen and oxygen atoms in total. The van der Waals surface area contributed by atoms with Gasteiger partial charge in [0.2, 0.25) is 0 Å². The molecule has 0 spiro atoms. The number of nitrogens with zero attached hydrogens (tertiary/aromatic N) is 1. The fraction of sp³-hybridized carbons (Fsp3) is 0. The van der Waals surface area contributed by atoms with Gasteiger partial charge in [-0.2, -0.15) is 0 Å². The van der Waals surface area contributed by atoms with Gasteiger partial charge in [-0.25, -0.2) is 0 Å². The van der Waals surface area contributed by atoms with Crippen LogP contribution in [0, 0.1) is 6.20 Å². The van der Waals surface area contributed by atoms with Crippen LogP contribution in [0.5, 0.6) is 0 Å². The second-order valence-electron chi connectivity index (χ2n) is 0.618. The molecule has 0 aliphatic rings. The third kappa shape index (κ3) is 1.29. The molecule has 0 aliphatic heterocycles. The van der Waals surface area contributed by atoms with Crippen molar-refractivity contribution in [1.82, 2.24) is 4.98 Å². The predicted molar refractivity (Wildman–Crippen MR) is 15.3 cm³/mol. The van der Waals surface area contributed by atoms with Crippen LogP contribution in [0.4, 0.5) is 0 Å². The third-order valence-electron chi connectivity index (χ3n) is 0.309. The first-order valence-electron chi connectivity index (χ1n) is 1.24. The van der Waals surface area contributed by atoms with Crippen molar-refractivity contribution in [3.05, 3.63) is 18.9 Å². The molecule has 0 saturated heterocycles. The molecule has 0 amide bonds. The Balaban J connectivity index is 0.000000250. The van der Waals surface area contributed by atoms with E-state index in [4.69, 9.17) is 0 Å². The summed E-state index contributed by atoms with van der Waals surface area (Å²) in [6.07, 6.45) is 5.15. The quantitative estimate of drug-likeness (QED) is 0.464. The predicted octanol–water partition coefficient (Wildman–Crippen LogP) is 0.472. The van der Waals surface area contributed by atoms with E-state index in [1.54, 1.807) is 0 Å². The van der Waals surface area contributed by atoms with Crippen molar-refractivity contribution in [3.63, 3.8) is 0 Å². The average Bonchev–Trinajstić information content (AvgIpc) is 1.76. The SMILES string of the molecule is [V].[c-]1cocn1. The molecule has 3 heteroatoms. The molecule has 0 saturated carbocycles. The van der Waals surface area contributed by atoms with Crippen LogP contribution in [-0.2, 0) is 18.6 Å². The minimum atomic E-state index is 0. The zero-order chi connectivity index (χ0) is 3.54. The second kappa shape index (κ2) is 3.00. The molecule has 0 aromatic carbocycles. The van der Waals surface area contributed by atoms with Crippen LogP contribution < -0.4 is 0 Å². The van der Waals surface area contributed by atoms with Gasteiger partial charge in [-0.05, 0) is 6.26 Å². The van der Waals surface area contributed by atoms with Gasteiger partial charge in [0.05, 0.1) is 0 Å². The Morgan fingerprint density at radius 1 is 1.67 bits per heavy atom. The molecule has 1 heterocycles. The Morgan fingerprint density at radius 3 is 2.67 bits per heavy atom. The molecule has 0 N–H and O–H groups in total. The summed E-state index contributed by atoms with van der Waals surface area (Å²) in [6.45, 7) is 0. The van der Waals surface area contributed by atoms with Gasteiger partial charge in [0.1, 0.15) is 0 Å². The van der Waals surface area contributed by atoms with Crippen LogP contribution in [0.3, 0.4) is 0 Å². The second-order valence-corrected chi connectivity index (χ2v) is 0.618. The van der Waals surface area contributed by atoms with Crippen LogP contribution in [0.2, 0.25) is 0 Å². The van der Waals surface area contributed by atoms with E-state index < -0.39 is 0 Å². The first-order valence-corrected chi connectivity index (χ1v) is 1.24. The first kappa shape index (κ1) is 5.79. The fourth-order valence-corrected chi connectivity index (χ4v) is 0.152. The van der Waals surface area contributed by atoms with Crippen molar-refractivity contribution in [3.8, 4) is 0 Å². The molecule has 0 aliphatic carbocycles. The summed E-state index contributed by atoms with van der Waals surface area (Å²) in [7, 11) is 0. The van der Waals surface area contributed by atoms with Crippen molar-refractivity contribution < 1.29 is 23.0 Å². The van der Waals surface area contributed by atoms with Gasteiger partial charge >= 0.3 is 0 Å². The summed E-state index contributed by atoms with van der Waals surface area (Å²) >= 11 is 0. The van der Waals surface area contributed by atoms with Crippen LogP contribution in [0.25, 0.3) is 0 Å². The Bertz CT molecular complexity index is 67.3. The van der Waals surface area contributed by atoms with Crippen molar-refractivity contribution in [2.75, 3.05) is 0 Å². The summed E-state index contributed by atoms with van der Waals surface area (Å²) in [4.78, 5) is 3.43. The maximum atomic E-state index is 4.42. The van der Waals surface area contributed by atoms with E-state index in [0.717, 1.165) is 0 Å². The molecule has 1 aromatic rings. The number of oxazole rings is 1. The van der Waals surface area contributed by atoms with Crippen LogP contribution in [0.15, 0.2) is 17.1 Å². The van der Waals surface area contributed by atoms with Gasteiger partial charge in [0, 0.05) is 24.9 Å². The molecule has 31 valence electrons. The molecule has 1 aromatic heterocycles. The minimum absolute atomic E-state index is 0. The zero-order valence-electron chi connectivity index (χ0n) is 2.96. The van der Waals surface area contributed by atoms with E-state index in [1.807, 2.05) is 0 Å². The molecule has 0 bridgehead atoms. The molecular formula is C3H2NOV-. The Kier molecular flexibility index (Phi) is 2.90. The van der Waals surface area contributed by atoms with E-state index in [9.17, 15) is 0 Å². The molecule has 0 fully saturated rings. The van der Waals surface area contributed by atoms with E-state index in [1.165, 1.54) is 12.7 Å². The van der Waals surface area contributed by atoms with Gasteiger partial charge in [-0.1, -0.05) is 0 Å². The first-order chi connectivity index (χ1) is 2.50. The van der Waals surface area contributed by atoms with Crippen molar-refractivity contribution in [2.45, 2.75) is 0 Å². The average molecular weight is 119 g/mol. The summed E-state index contributed by atoms with van der Waals surface area (Å²) in [5.74, 6) is 0. The van der Waals surface area contributed by atoms with Crippen molar-refractivity contribution in [2.24, 2.45) is 0 Å². The Morgan fingerprint density at radius 2 is 2.50 bits per heavy atom. The van der Waals surface area contributed by atoms with Gasteiger partial charge in [-0.15, -0.1) is 6.20 Å². The third-order valence-corrected chi connectivity index (χ3v) is 0.309. The zero-order valence-corrected chi connectivity index (χ0v) is 4.35. The topological polar surface area (TPSA) is 26.0 Å². The Hall–Kier alpha value is -0.206. The standard InChI is InChI=1S/C3H2NO.V/c1-2-5-3-4-1;/h2-3H;/q-1;. The van der Waals surface area contributed by atoms with E-state index >= 15 is 0 Å². The number of hydrogen-bond acceptors (Lipinski definition) is 2. The van der Waals surface area contributed by atoms with Crippen molar-refractivity contribution in [1.29, 1.82) is 0 Å². The maximum Gasteiger partial charge on any atom is 0.0217 e. The van der Waals surface area contributed by atoms with E-state index in [-0.39, 0.29) is 18.6 Å². The Labute approximate surface area is 47.5 Å². The molecule has 1 rings (SSSR count). The molecule has 0 unspecified atom stereocenters. The maximum absolute atomic E-state index is 4.42. The van der Waals surface area contributed by atoms with Crippen LogP contribution in [-0.4, -0.2) is 4.98 Å². The van der Waals surface area contributed by atoms with Gasteiger partial charge < -0.3 is 9.40 Å². The summed E-state index contributed by atoms with van der Waals surface area (Å²) in [5, 5.41) is 0. The summed E-state index contributed by atoms with van der Waals surface area (Å²) < 4.78 is 4.42. The van der Waals surface area contributed by atoms with E-state index in [0.29, 0.717) is 0 Å². The van der Waals surface area contributed by atoms with Crippen LogP contribution >= 0.6 is 0 Å². The normalized spacial score (nSPS) is 6.67. The summed E-state index contributed by atoms with van der Waals surface area (Å²) in [5.41, 5.74) is 0. The number of hydrogen-bond donors (Lipinski definition) is 0. The van der Waals surface area contributed by atoms with Gasteiger partial charge in [0.15, 0.2) is 0 Å². The van der Waals surface area contributed by atoms with E-state index in [2.05, 4.69) is 15.6 Å². The minimum Gasteiger partial charge on any atom is -0.557 e. The van der Waals surface area contributed by atoms with Gasteiger partial charge in [-0.3, -0.25) is 0 Å². The molecule has 1 radical (unpaired) electrons. The monoisotopic (exact) mass is 119 g/mol. The molecular weight excluding hydrogens is 117 g/mol.